The van der Waals surface area contributed by atoms with Gasteiger partial charge in [-0.15, -0.1) is 0 Å². The lowest BCUT2D eigenvalue weighted by molar-refractivity contribution is 0.968. The first kappa shape index (κ1) is 11.4. The highest BCUT2D eigenvalue weighted by Gasteiger charge is 2.11. The Hall–Kier alpha value is -2.67. The van der Waals surface area contributed by atoms with Crippen LogP contribution >= 0.6 is 0 Å². The van der Waals surface area contributed by atoms with E-state index in [2.05, 4.69) is 26.7 Å². The van der Waals surface area contributed by atoms with Crippen molar-refractivity contribution in [3.63, 3.8) is 0 Å². The van der Waals surface area contributed by atoms with Gasteiger partial charge in [0.15, 0.2) is 0 Å². The summed E-state index contributed by atoms with van der Waals surface area (Å²) in [5.41, 5.74) is 3.77. The molecule has 3 rings (SSSR count). The van der Waals surface area contributed by atoms with E-state index in [4.69, 9.17) is 5.26 Å². The Morgan fingerprint density at radius 1 is 1.21 bits per heavy atom. The topological polar surface area (TPSA) is 54.5 Å². The van der Waals surface area contributed by atoms with E-state index in [9.17, 15) is 0 Å². The number of benzene rings is 1. The number of aryl methyl sites for hydroxylation is 2. The molecule has 4 nitrogen and oxygen atoms in total. The Kier molecular flexibility index (Phi) is 2.53. The molecule has 0 bridgehead atoms. The van der Waals surface area contributed by atoms with E-state index in [0.29, 0.717) is 0 Å². The zero-order valence-corrected chi connectivity index (χ0v) is 10.8. The molecule has 92 valence electrons. The summed E-state index contributed by atoms with van der Waals surface area (Å²) in [5, 5.41) is 10.1. The molecule has 0 saturated heterocycles. The van der Waals surface area contributed by atoms with Gasteiger partial charge in [0.1, 0.15) is 6.07 Å². The van der Waals surface area contributed by atoms with Crippen molar-refractivity contribution in [1.29, 1.82) is 5.26 Å². The van der Waals surface area contributed by atoms with Gasteiger partial charge >= 0.3 is 0 Å². The first-order valence-electron chi connectivity index (χ1n) is 5.99. The van der Waals surface area contributed by atoms with Gasteiger partial charge in [-0.2, -0.15) is 5.26 Å². The second-order valence-electron chi connectivity index (χ2n) is 4.50. The molecule has 0 amide bonds. The molecule has 0 unspecified atom stereocenters. The van der Waals surface area contributed by atoms with Crippen molar-refractivity contribution in [2.45, 2.75) is 6.92 Å². The minimum Gasteiger partial charge on any atom is -0.350 e. The van der Waals surface area contributed by atoms with Crippen molar-refractivity contribution in [1.82, 2.24) is 14.5 Å². The van der Waals surface area contributed by atoms with E-state index in [1.807, 2.05) is 44.4 Å². The molecule has 2 heterocycles. The molecule has 0 fully saturated rings. The van der Waals surface area contributed by atoms with Crippen LogP contribution < -0.4 is 0 Å². The minimum atomic E-state index is 0.211. The lowest BCUT2D eigenvalue weighted by Crippen LogP contribution is -1.94. The standard InChI is InChI=1S/C15H12N4/c1-10-7-13(18-15(8-16)17-10)12-9-19(2)14-6-4-3-5-11(12)14/h3-7,9H,1-2H3. The molecule has 0 N–H and O–H groups in total. The molecule has 0 spiro atoms. The monoisotopic (exact) mass is 248 g/mol. The second-order valence-corrected chi connectivity index (χ2v) is 4.50. The van der Waals surface area contributed by atoms with Crippen LogP contribution in [0.3, 0.4) is 0 Å². The van der Waals surface area contributed by atoms with Crippen LogP contribution in [-0.2, 0) is 7.05 Å². The van der Waals surface area contributed by atoms with Gasteiger partial charge in [0.05, 0.1) is 5.69 Å². The summed E-state index contributed by atoms with van der Waals surface area (Å²) in [5.74, 6) is 0.211. The molecule has 0 aliphatic rings. The highest BCUT2D eigenvalue weighted by Crippen LogP contribution is 2.28. The van der Waals surface area contributed by atoms with Gasteiger partial charge in [0, 0.05) is 35.4 Å². The summed E-state index contributed by atoms with van der Waals surface area (Å²) in [6.45, 7) is 1.87. The molecule has 0 aliphatic heterocycles. The molecule has 0 aliphatic carbocycles. The maximum Gasteiger partial charge on any atom is 0.232 e. The second kappa shape index (κ2) is 4.21. The third-order valence-electron chi connectivity index (χ3n) is 3.13. The lowest BCUT2D eigenvalue weighted by atomic mass is 10.1. The zero-order chi connectivity index (χ0) is 13.4. The van der Waals surface area contributed by atoms with Crippen molar-refractivity contribution >= 4 is 10.9 Å². The number of nitrogens with zero attached hydrogens (tertiary/aromatic N) is 4. The van der Waals surface area contributed by atoms with Crippen molar-refractivity contribution in [2.75, 3.05) is 0 Å². The minimum absolute atomic E-state index is 0.211. The summed E-state index contributed by atoms with van der Waals surface area (Å²) in [6.07, 6.45) is 2.04. The summed E-state index contributed by atoms with van der Waals surface area (Å²) in [4.78, 5) is 8.39. The average Bonchev–Trinajstić information content (AvgIpc) is 2.76. The molecule has 19 heavy (non-hydrogen) atoms. The quantitative estimate of drug-likeness (QED) is 0.665. The maximum atomic E-state index is 8.97. The Labute approximate surface area is 111 Å². The van der Waals surface area contributed by atoms with Crippen molar-refractivity contribution in [2.24, 2.45) is 7.05 Å². The Morgan fingerprint density at radius 3 is 2.79 bits per heavy atom. The molecular formula is C15H12N4. The van der Waals surface area contributed by atoms with Crippen LogP contribution in [0.5, 0.6) is 0 Å². The van der Waals surface area contributed by atoms with Crippen molar-refractivity contribution in [3.05, 3.63) is 48.0 Å². The molecule has 4 heteroatoms. The molecule has 3 aromatic rings. The first-order valence-corrected chi connectivity index (χ1v) is 5.99. The third-order valence-corrected chi connectivity index (χ3v) is 3.13. The fourth-order valence-corrected chi connectivity index (χ4v) is 2.30. The van der Waals surface area contributed by atoms with Crippen LogP contribution in [0.15, 0.2) is 36.5 Å². The number of nitriles is 1. The Morgan fingerprint density at radius 2 is 2.00 bits per heavy atom. The molecular weight excluding hydrogens is 236 g/mol. The SMILES string of the molecule is Cc1cc(-c2cn(C)c3ccccc23)nc(C#N)n1. The zero-order valence-electron chi connectivity index (χ0n) is 10.8. The fraction of sp³-hybridized carbons (Fsp3) is 0.133. The van der Waals surface area contributed by atoms with Crippen LogP contribution in [0.4, 0.5) is 0 Å². The van der Waals surface area contributed by atoms with Gasteiger partial charge in [-0.1, -0.05) is 18.2 Å². The summed E-state index contributed by atoms with van der Waals surface area (Å²) < 4.78 is 2.06. The predicted octanol–water partition coefficient (Wildman–Crippen LogP) is 2.82. The summed E-state index contributed by atoms with van der Waals surface area (Å²) in [6, 6.07) is 12.1. The van der Waals surface area contributed by atoms with Crippen molar-refractivity contribution in [3.8, 4) is 17.3 Å². The fourth-order valence-electron chi connectivity index (χ4n) is 2.30. The third kappa shape index (κ3) is 1.85. The summed E-state index contributed by atoms with van der Waals surface area (Å²) >= 11 is 0. The molecule has 0 radical (unpaired) electrons. The number of fused-ring (bicyclic) bond motifs is 1. The van der Waals surface area contributed by atoms with E-state index in [0.717, 1.165) is 27.9 Å². The average molecular weight is 248 g/mol. The summed E-state index contributed by atoms with van der Waals surface area (Å²) in [7, 11) is 2.01. The highest BCUT2D eigenvalue weighted by atomic mass is 14.9. The van der Waals surface area contributed by atoms with E-state index in [1.54, 1.807) is 0 Å². The van der Waals surface area contributed by atoms with Crippen LogP contribution in [-0.4, -0.2) is 14.5 Å². The van der Waals surface area contributed by atoms with Crippen LogP contribution in [0.2, 0.25) is 0 Å². The number of rotatable bonds is 1. The molecule has 0 atom stereocenters. The van der Waals surface area contributed by atoms with Gasteiger partial charge in [-0.25, -0.2) is 9.97 Å². The highest BCUT2D eigenvalue weighted by molar-refractivity contribution is 5.95. The largest absolute Gasteiger partial charge is 0.350 e. The lowest BCUT2D eigenvalue weighted by Gasteiger charge is -2.00. The van der Waals surface area contributed by atoms with Gasteiger partial charge in [-0.05, 0) is 19.1 Å². The van der Waals surface area contributed by atoms with Gasteiger partial charge in [0.2, 0.25) is 5.82 Å². The number of hydrogen-bond donors (Lipinski definition) is 0. The van der Waals surface area contributed by atoms with Crippen LogP contribution in [0.25, 0.3) is 22.2 Å². The van der Waals surface area contributed by atoms with E-state index >= 15 is 0 Å². The smallest absolute Gasteiger partial charge is 0.232 e. The predicted molar refractivity (Wildman–Crippen MR) is 73.4 cm³/mol. The van der Waals surface area contributed by atoms with Crippen LogP contribution in [0.1, 0.15) is 11.5 Å². The van der Waals surface area contributed by atoms with Gasteiger partial charge < -0.3 is 4.57 Å². The van der Waals surface area contributed by atoms with Gasteiger partial charge in [0.25, 0.3) is 0 Å². The molecule has 1 aromatic carbocycles. The molecule has 2 aromatic heterocycles. The number of hydrogen-bond acceptors (Lipinski definition) is 3. The van der Waals surface area contributed by atoms with Gasteiger partial charge in [-0.3, -0.25) is 0 Å². The Balaban J connectivity index is 2.31. The number of para-hydroxylation sites is 1. The van der Waals surface area contributed by atoms with Crippen LogP contribution in [0, 0.1) is 18.3 Å². The van der Waals surface area contributed by atoms with E-state index in [-0.39, 0.29) is 5.82 Å². The normalized spacial score (nSPS) is 10.6. The molecule has 0 saturated carbocycles. The number of aromatic nitrogens is 3. The van der Waals surface area contributed by atoms with E-state index in [1.165, 1.54) is 0 Å². The van der Waals surface area contributed by atoms with Crippen molar-refractivity contribution < 1.29 is 0 Å². The Bertz CT molecular complexity index is 809. The maximum absolute atomic E-state index is 8.97. The van der Waals surface area contributed by atoms with E-state index < -0.39 is 0 Å². The first-order chi connectivity index (χ1) is 9.19.